The zero-order valence-electron chi connectivity index (χ0n) is 13.2. The fourth-order valence-electron chi connectivity index (χ4n) is 2.02. The van der Waals surface area contributed by atoms with E-state index in [2.05, 4.69) is 35.8 Å². The molecule has 1 amide bonds. The van der Waals surface area contributed by atoms with Crippen molar-refractivity contribution in [3.63, 3.8) is 0 Å². The molecule has 26 heavy (non-hydrogen) atoms. The van der Waals surface area contributed by atoms with E-state index in [1.54, 1.807) is 13.0 Å². The molecule has 0 aliphatic heterocycles. The summed E-state index contributed by atoms with van der Waals surface area (Å²) < 4.78 is 5.68. The van der Waals surface area contributed by atoms with Gasteiger partial charge in [0.2, 0.25) is 11.6 Å². The quantitative estimate of drug-likeness (QED) is 0.366. The number of aromatic nitrogens is 5. The molecule has 3 N–H and O–H groups in total. The third kappa shape index (κ3) is 3.21. The van der Waals surface area contributed by atoms with Crippen molar-refractivity contribution >= 4 is 23.6 Å². The Morgan fingerprint density at radius 2 is 2.27 bits per heavy atom. The van der Waals surface area contributed by atoms with Crippen LogP contribution in [0.3, 0.4) is 0 Å². The van der Waals surface area contributed by atoms with Crippen LogP contribution in [0.4, 0.5) is 11.5 Å². The summed E-state index contributed by atoms with van der Waals surface area (Å²) in [6, 6.07) is 5.78. The standard InChI is InChI=1S/C13H11N9O4/c1-7-10(16-20-21(7)12-11(14)18-26-19-12)13(23)17-15-6-8-3-2-4-9(5-8)22(24)25/h2-6H,1H3,(H2,14,18)(H,17,23)/b15-6+. The minimum absolute atomic E-state index is 0.00588. The van der Waals surface area contributed by atoms with Crippen molar-refractivity contribution in [1.82, 2.24) is 30.7 Å². The first-order valence-corrected chi connectivity index (χ1v) is 7.06. The Morgan fingerprint density at radius 1 is 1.46 bits per heavy atom. The monoisotopic (exact) mass is 357 g/mol. The van der Waals surface area contributed by atoms with Crippen LogP contribution in [0.25, 0.3) is 5.82 Å². The molecule has 0 spiro atoms. The maximum absolute atomic E-state index is 12.2. The summed E-state index contributed by atoms with van der Waals surface area (Å²) in [5, 5.41) is 29.0. The fourth-order valence-corrected chi connectivity index (χ4v) is 2.02. The second-order valence-corrected chi connectivity index (χ2v) is 4.96. The minimum Gasteiger partial charge on any atom is -0.378 e. The first kappa shape index (κ1) is 16.7. The highest BCUT2D eigenvalue weighted by atomic mass is 16.6. The molecular formula is C13H11N9O4. The van der Waals surface area contributed by atoms with Gasteiger partial charge in [-0.05, 0) is 17.2 Å². The number of non-ortho nitro benzene ring substituents is 1. The summed E-state index contributed by atoms with van der Waals surface area (Å²) in [6.45, 7) is 1.58. The molecule has 132 valence electrons. The van der Waals surface area contributed by atoms with Crippen LogP contribution >= 0.6 is 0 Å². The predicted molar refractivity (Wildman–Crippen MR) is 86.5 cm³/mol. The molecule has 0 aliphatic carbocycles. The van der Waals surface area contributed by atoms with E-state index in [1.807, 2.05) is 0 Å². The summed E-state index contributed by atoms with van der Waals surface area (Å²) in [5.41, 5.74) is 8.53. The third-order valence-electron chi connectivity index (χ3n) is 3.27. The molecule has 2 aromatic heterocycles. The van der Waals surface area contributed by atoms with Crippen molar-refractivity contribution in [2.75, 3.05) is 5.73 Å². The predicted octanol–water partition coefficient (Wildman–Crippen LogP) is 0.213. The van der Waals surface area contributed by atoms with E-state index in [0.717, 1.165) is 0 Å². The Bertz CT molecular complexity index is 1010. The highest BCUT2D eigenvalue weighted by molar-refractivity contribution is 5.94. The van der Waals surface area contributed by atoms with Gasteiger partial charge < -0.3 is 5.73 Å². The van der Waals surface area contributed by atoms with Gasteiger partial charge in [0.15, 0.2) is 5.69 Å². The number of rotatable bonds is 5. The molecule has 0 bridgehead atoms. The molecule has 0 radical (unpaired) electrons. The number of nitrogens with zero attached hydrogens (tertiary/aromatic N) is 7. The van der Waals surface area contributed by atoms with Crippen LogP contribution in [0.15, 0.2) is 34.0 Å². The molecule has 0 atom stereocenters. The number of anilines is 1. The lowest BCUT2D eigenvalue weighted by atomic mass is 10.2. The number of hydrazone groups is 1. The summed E-state index contributed by atoms with van der Waals surface area (Å²) in [4.78, 5) is 22.4. The van der Waals surface area contributed by atoms with Gasteiger partial charge in [-0.3, -0.25) is 14.9 Å². The molecule has 3 aromatic rings. The molecular weight excluding hydrogens is 346 g/mol. The minimum atomic E-state index is -0.634. The van der Waals surface area contributed by atoms with Gasteiger partial charge in [0.05, 0.1) is 16.8 Å². The number of nitrogens with two attached hydrogens (primary N) is 1. The Kier molecular flexibility index (Phi) is 4.34. The van der Waals surface area contributed by atoms with Gasteiger partial charge in [-0.15, -0.1) is 5.10 Å². The third-order valence-corrected chi connectivity index (χ3v) is 3.27. The fraction of sp³-hybridized carbons (Fsp3) is 0.0769. The van der Waals surface area contributed by atoms with Crippen LogP contribution in [-0.4, -0.2) is 42.4 Å². The number of hydrogen-bond acceptors (Lipinski definition) is 10. The second kappa shape index (κ2) is 6.76. The largest absolute Gasteiger partial charge is 0.378 e. The van der Waals surface area contributed by atoms with E-state index >= 15 is 0 Å². The van der Waals surface area contributed by atoms with E-state index < -0.39 is 10.8 Å². The number of nitrogen functional groups attached to an aromatic ring is 1. The normalized spacial score (nSPS) is 11.0. The molecule has 13 nitrogen and oxygen atoms in total. The lowest BCUT2D eigenvalue weighted by molar-refractivity contribution is -0.384. The first-order chi connectivity index (χ1) is 12.5. The van der Waals surface area contributed by atoms with E-state index in [1.165, 1.54) is 29.1 Å². The number of nitro groups is 1. The van der Waals surface area contributed by atoms with Crippen LogP contribution in [0, 0.1) is 17.0 Å². The first-order valence-electron chi connectivity index (χ1n) is 7.06. The van der Waals surface area contributed by atoms with Gasteiger partial charge >= 0.3 is 0 Å². The Morgan fingerprint density at radius 3 is 2.96 bits per heavy atom. The van der Waals surface area contributed by atoms with Crippen molar-refractivity contribution in [3.05, 3.63) is 51.3 Å². The van der Waals surface area contributed by atoms with E-state index in [-0.39, 0.29) is 23.0 Å². The molecule has 13 heteroatoms. The molecule has 0 fully saturated rings. The molecule has 0 aliphatic rings. The van der Waals surface area contributed by atoms with Gasteiger partial charge in [-0.2, -0.15) is 9.78 Å². The Balaban J connectivity index is 1.73. The topological polar surface area (TPSA) is 180 Å². The van der Waals surface area contributed by atoms with Crippen molar-refractivity contribution in [3.8, 4) is 5.82 Å². The molecule has 1 aromatic carbocycles. The van der Waals surface area contributed by atoms with Gasteiger partial charge in [0.1, 0.15) is 0 Å². The zero-order chi connectivity index (χ0) is 18.7. The number of hydrogen-bond donors (Lipinski definition) is 2. The summed E-state index contributed by atoms with van der Waals surface area (Å²) in [7, 11) is 0. The van der Waals surface area contributed by atoms with Crippen molar-refractivity contribution in [1.29, 1.82) is 0 Å². The summed E-state index contributed by atoms with van der Waals surface area (Å²) >= 11 is 0. The Labute approximate surface area is 144 Å². The van der Waals surface area contributed by atoms with Crippen molar-refractivity contribution < 1.29 is 14.3 Å². The lowest BCUT2D eigenvalue weighted by Gasteiger charge is -1.99. The zero-order valence-corrected chi connectivity index (χ0v) is 13.2. The van der Waals surface area contributed by atoms with Gasteiger partial charge in [0, 0.05) is 17.7 Å². The number of carbonyl (C=O) groups is 1. The average Bonchev–Trinajstić information content (AvgIpc) is 3.20. The lowest BCUT2D eigenvalue weighted by Crippen LogP contribution is -2.19. The Hall–Kier alpha value is -4.16. The van der Waals surface area contributed by atoms with Crippen LogP contribution in [0.1, 0.15) is 21.7 Å². The van der Waals surface area contributed by atoms with E-state index in [9.17, 15) is 14.9 Å². The molecule has 0 saturated heterocycles. The molecule has 2 heterocycles. The summed E-state index contributed by atoms with van der Waals surface area (Å²) in [5.74, 6) is -0.534. The van der Waals surface area contributed by atoms with E-state index in [4.69, 9.17) is 5.73 Å². The smallest absolute Gasteiger partial charge is 0.293 e. The second-order valence-electron chi connectivity index (χ2n) is 4.96. The van der Waals surface area contributed by atoms with Gasteiger partial charge in [-0.25, -0.2) is 10.1 Å². The van der Waals surface area contributed by atoms with Crippen LogP contribution in [0.5, 0.6) is 0 Å². The average molecular weight is 357 g/mol. The van der Waals surface area contributed by atoms with Crippen molar-refractivity contribution in [2.45, 2.75) is 6.92 Å². The molecule has 0 saturated carbocycles. The van der Waals surface area contributed by atoms with Crippen LogP contribution < -0.4 is 11.2 Å². The number of carbonyl (C=O) groups excluding carboxylic acids is 1. The molecule has 3 rings (SSSR count). The number of benzene rings is 1. The van der Waals surface area contributed by atoms with Gasteiger partial charge in [0.25, 0.3) is 11.6 Å². The maximum atomic E-state index is 12.2. The maximum Gasteiger partial charge on any atom is 0.293 e. The highest BCUT2D eigenvalue weighted by Crippen LogP contribution is 2.14. The molecule has 0 unspecified atom stereocenters. The van der Waals surface area contributed by atoms with E-state index in [0.29, 0.717) is 11.3 Å². The van der Waals surface area contributed by atoms with Crippen LogP contribution in [0.2, 0.25) is 0 Å². The SMILES string of the molecule is Cc1c(C(=O)N/N=C/c2cccc([N+](=O)[O-])c2)nnn1-c1nonc1N. The number of nitrogens with one attached hydrogen (secondary N) is 1. The number of nitro benzene ring substituents is 1. The van der Waals surface area contributed by atoms with Crippen molar-refractivity contribution in [2.24, 2.45) is 5.10 Å². The van der Waals surface area contributed by atoms with Crippen LogP contribution in [-0.2, 0) is 0 Å². The van der Waals surface area contributed by atoms with Gasteiger partial charge in [-0.1, -0.05) is 17.3 Å². The number of amides is 1. The highest BCUT2D eigenvalue weighted by Gasteiger charge is 2.20. The summed E-state index contributed by atoms with van der Waals surface area (Å²) in [6.07, 6.45) is 1.27.